The van der Waals surface area contributed by atoms with E-state index in [0.29, 0.717) is 0 Å². The monoisotopic (exact) mass is 384 g/mol. The quantitative estimate of drug-likeness (QED) is 0.608. The Morgan fingerprint density at radius 1 is 1.39 bits per heavy atom. The molecule has 0 unspecified atom stereocenters. The van der Waals surface area contributed by atoms with Crippen LogP contribution in [0.1, 0.15) is 29.7 Å². The Bertz CT molecular complexity index is 1110. The minimum Gasteiger partial charge on any atom is -0.865 e. The molecule has 0 spiro atoms. The number of fused-ring (bicyclic) bond motifs is 1. The topological polar surface area (TPSA) is 165 Å². The molecule has 10 heteroatoms. The van der Waals surface area contributed by atoms with Gasteiger partial charge in [-0.3, -0.25) is 10.1 Å². The van der Waals surface area contributed by atoms with Crippen LogP contribution >= 0.6 is 0 Å². The third-order valence-corrected chi connectivity index (χ3v) is 4.14. The minimum atomic E-state index is -1.12. The molecule has 1 aromatic heterocycles. The molecule has 1 atom stereocenters. The van der Waals surface area contributed by atoms with Crippen molar-refractivity contribution in [1.82, 2.24) is 0 Å². The van der Waals surface area contributed by atoms with E-state index < -0.39 is 27.9 Å². The maximum Gasteiger partial charge on any atom is 0.343 e. The van der Waals surface area contributed by atoms with E-state index in [9.17, 15) is 25.3 Å². The molecule has 28 heavy (non-hydrogen) atoms. The van der Waals surface area contributed by atoms with Crippen LogP contribution < -0.4 is 25.9 Å². The standard InChI is InChI=1S/C18H15N3O7/c1-3-26-13-6-9(5-11(16(13)22)21(24)25)14-10(7-19)17(20)28-12-4-8(2)27-18(23)15(12)14/h4-6,14,22H,3,20H2,1-2H3/p-1/t14-/m0/s1. The van der Waals surface area contributed by atoms with E-state index in [1.165, 1.54) is 19.1 Å². The van der Waals surface area contributed by atoms with E-state index in [-0.39, 0.29) is 46.4 Å². The van der Waals surface area contributed by atoms with E-state index in [0.717, 1.165) is 6.07 Å². The molecule has 0 fully saturated rings. The lowest BCUT2D eigenvalue weighted by Crippen LogP contribution is -2.26. The highest BCUT2D eigenvalue weighted by Crippen LogP contribution is 2.44. The fourth-order valence-electron chi connectivity index (χ4n) is 3.02. The lowest BCUT2D eigenvalue weighted by Gasteiger charge is -2.26. The summed E-state index contributed by atoms with van der Waals surface area (Å²) in [4.78, 5) is 23.0. The Morgan fingerprint density at radius 3 is 2.71 bits per heavy atom. The summed E-state index contributed by atoms with van der Waals surface area (Å²) in [5.74, 6) is -2.23. The highest BCUT2D eigenvalue weighted by atomic mass is 16.6. The summed E-state index contributed by atoms with van der Waals surface area (Å²) in [7, 11) is 0. The summed E-state index contributed by atoms with van der Waals surface area (Å²) in [6, 6.07) is 5.53. The van der Waals surface area contributed by atoms with Gasteiger partial charge in [-0.2, -0.15) is 5.26 Å². The summed E-state index contributed by atoms with van der Waals surface area (Å²) in [6.07, 6.45) is 0. The Hall–Kier alpha value is -4.00. The van der Waals surface area contributed by atoms with Gasteiger partial charge < -0.3 is 24.7 Å². The number of nitriles is 1. The SMILES string of the molecule is CCOc1cc([C@H]2C(C#N)=C(N)Oc3cc(C)oc(=O)c32)cc([N+](=O)[O-])c1[O-]. The number of ether oxygens (including phenoxy) is 2. The highest BCUT2D eigenvalue weighted by Gasteiger charge is 2.35. The molecule has 0 radical (unpaired) electrons. The van der Waals surface area contributed by atoms with Gasteiger partial charge in [-0.05, 0) is 25.5 Å². The molecular formula is C18H14N3O7-. The largest absolute Gasteiger partial charge is 0.865 e. The Kier molecular flexibility index (Phi) is 4.67. The molecular weight excluding hydrogens is 370 g/mol. The molecule has 0 amide bonds. The second kappa shape index (κ2) is 6.96. The number of hydrogen-bond acceptors (Lipinski definition) is 9. The molecule has 144 valence electrons. The van der Waals surface area contributed by atoms with Gasteiger partial charge in [0.05, 0.1) is 23.0 Å². The van der Waals surface area contributed by atoms with E-state index in [1.807, 2.05) is 6.07 Å². The number of benzene rings is 1. The molecule has 1 aliphatic rings. The number of nitrogens with zero attached hydrogens (tertiary/aromatic N) is 2. The molecule has 0 bridgehead atoms. The van der Waals surface area contributed by atoms with Crippen LogP contribution in [-0.2, 0) is 0 Å². The molecule has 0 saturated carbocycles. The maximum atomic E-state index is 12.5. The van der Waals surface area contributed by atoms with Crippen LogP contribution in [0.2, 0.25) is 0 Å². The van der Waals surface area contributed by atoms with Crippen molar-refractivity contribution in [3.63, 3.8) is 0 Å². The van der Waals surface area contributed by atoms with Crippen molar-refractivity contribution in [3.05, 3.63) is 67.1 Å². The fourth-order valence-corrected chi connectivity index (χ4v) is 3.02. The summed E-state index contributed by atoms with van der Waals surface area (Å²) in [6.45, 7) is 3.23. The van der Waals surface area contributed by atoms with Gasteiger partial charge in [0.15, 0.2) is 0 Å². The molecule has 1 aliphatic heterocycles. The molecule has 3 rings (SSSR count). The molecule has 2 aromatic rings. The Balaban J connectivity index is 2.35. The van der Waals surface area contributed by atoms with E-state index >= 15 is 0 Å². The normalized spacial score (nSPS) is 15.4. The van der Waals surface area contributed by atoms with Gasteiger partial charge in [0.1, 0.15) is 28.9 Å². The number of hydrogen-bond donors (Lipinski definition) is 1. The lowest BCUT2D eigenvalue weighted by molar-refractivity contribution is -0.398. The van der Waals surface area contributed by atoms with E-state index in [4.69, 9.17) is 19.6 Å². The summed E-state index contributed by atoms with van der Waals surface area (Å²) in [5.41, 5.74) is 4.22. The second-order valence-electron chi connectivity index (χ2n) is 5.90. The number of aryl methyl sites for hydroxylation is 1. The summed E-state index contributed by atoms with van der Waals surface area (Å²) < 4.78 is 15.7. The third-order valence-electron chi connectivity index (χ3n) is 4.14. The van der Waals surface area contributed by atoms with Gasteiger partial charge in [0.2, 0.25) is 5.88 Å². The van der Waals surface area contributed by atoms with Gasteiger partial charge in [-0.1, -0.05) is 0 Å². The van der Waals surface area contributed by atoms with E-state index in [1.54, 1.807) is 6.92 Å². The highest BCUT2D eigenvalue weighted by molar-refractivity contribution is 5.62. The number of rotatable bonds is 4. The average molecular weight is 384 g/mol. The van der Waals surface area contributed by atoms with Gasteiger partial charge >= 0.3 is 5.63 Å². The smallest absolute Gasteiger partial charge is 0.343 e. The van der Waals surface area contributed by atoms with Crippen molar-refractivity contribution in [2.45, 2.75) is 19.8 Å². The molecule has 0 saturated heterocycles. The van der Waals surface area contributed by atoms with Gasteiger partial charge in [-0.25, -0.2) is 4.79 Å². The predicted octanol–water partition coefficient (Wildman–Crippen LogP) is 1.55. The first-order chi connectivity index (χ1) is 13.3. The van der Waals surface area contributed by atoms with Crippen LogP contribution in [0.4, 0.5) is 5.69 Å². The van der Waals surface area contributed by atoms with Crippen molar-refractivity contribution in [2.24, 2.45) is 5.73 Å². The zero-order chi connectivity index (χ0) is 20.6. The van der Waals surface area contributed by atoms with Crippen LogP contribution in [0.15, 0.2) is 38.9 Å². The molecule has 1 aromatic carbocycles. The molecule has 0 aliphatic carbocycles. The number of nitro benzene ring substituents is 1. The van der Waals surface area contributed by atoms with Gasteiger partial charge in [0, 0.05) is 17.9 Å². The summed E-state index contributed by atoms with van der Waals surface area (Å²) in [5, 5.41) is 33.1. The van der Waals surface area contributed by atoms with Crippen molar-refractivity contribution < 1.29 is 23.9 Å². The van der Waals surface area contributed by atoms with Gasteiger partial charge in [-0.15, -0.1) is 0 Å². The van der Waals surface area contributed by atoms with Crippen LogP contribution in [0.5, 0.6) is 17.2 Å². The van der Waals surface area contributed by atoms with E-state index in [2.05, 4.69) is 0 Å². The minimum absolute atomic E-state index is 0.0493. The van der Waals surface area contributed by atoms with Crippen LogP contribution in [0, 0.1) is 28.4 Å². The Labute approximate surface area is 158 Å². The second-order valence-corrected chi connectivity index (χ2v) is 5.90. The molecule has 2 heterocycles. The first-order valence-electron chi connectivity index (χ1n) is 8.12. The zero-order valence-electron chi connectivity index (χ0n) is 14.8. The van der Waals surface area contributed by atoms with Crippen LogP contribution in [0.25, 0.3) is 0 Å². The molecule has 10 nitrogen and oxygen atoms in total. The first kappa shape index (κ1) is 18.8. The van der Waals surface area contributed by atoms with Crippen LogP contribution in [0.3, 0.4) is 0 Å². The first-order valence-corrected chi connectivity index (χ1v) is 8.12. The number of nitro groups is 1. The molecule has 2 N–H and O–H groups in total. The fraction of sp³-hybridized carbons (Fsp3) is 0.222. The number of allylic oxidation sites excluding steroid dienone is 1. The number of nitrogens with two attached hydrogens (primary N) is 1. The van der Waals surface area contributed by atoms with Crippen molar-refractivity contribution >= 4 is 5.69 Å². The predicted molar refractivity (Wildman–Crippen MR) is 92.7 cm³/mol. The summed E-state index contributed by atoms with van der Waals surface area (Å²) >= 11 is 0. The van der Waals surface area contributed by atoms with Crippen molar-refractivity contribution in [1.29, 1.82) is 5.26 Å². The van der Waals surface area contributed by atoms with Crippen molar-refractivity contribution in [2.75, 3.05) is 6.61 Å². The Morgan fingerprint density at radius 2 is 2.11 bits per heavy atom. The van der Waals surface area contributed by atoms with Crippen molar-refractivity contribution in [3.8, 4) is 23.3 Å². The van der Waals surface area contributed by atoms with Crippen LogP contribution in [-0.4, -0.2) is 11.5 Å². The lowest BCUT2D eigenvalue weighted by atomic mass is 9.84. The zero-order valence-corrected chi connectivity index (χ0v) is 14.8. The maximum absolute atomic E-state index is 12.5. The van der Waals surface area contributed by atoms with Gasteiger partial charge in [0.25, 0.3) is 5.69 Å². The average Bonchev–Trinajstić information content (AvgIpc) is 2.62. The third kappa shape index (κ3) is 2.99.